The summed E-state index contributed by atoms with van der Waals surface area (Å²) in [5, 5.41) is 0. The Balaban J connectivity index is 0.000000366. The van der Waals surface area contributed by atoms with E-state index in [2.05, 4.69) is 91.0 Å². The summed E-state index contributed by atoms with van der Waals surface area (Å²) in [5.41, 5.74) is 0. The van der Waals surface area contributed by atoms with Gasteiger partial charge in [-0.3, -0.25) is 0 Å². The first-order chi connectivity index (χ1) is 7.84. The monoisotopic (exact) mass is 554 g/mol. The highest BCUT2D eigenvalue weighted by Gasteiger charge is 2.09. The number of esters is 1. The van der Waals surface area contributed by atoms with Gasteiger partial charge >= 0.3 is 5.97 Å². The van der Waals surface area contributed by atoms with E-state index in [1.807, 2.05) is 6.07 Å². The van der Waals surface area contributed by atoms with Crippen LogP contribution in [0.3, 0.4) is 0 Å². The summed E-state index contributed by atoms with van der Waals surface area (Å²) in [6.45, 7) is 3.16. The molecule has 94 valence electrons. The van der Waals surface area contributed by atoms with Crippen LogP contribution in [-0.4, -0.2) is 13.1 Å². The molecule has 0 saturated carbocycles. The third-order valence-electron chi connectivity index (χ3n) is 1.43. The molecule has 2 nitrogen and oxygen atoms in total. The number of ether oxygens (including phenoxy) is 1. The molecule has 0 bridgehead atoms. The van der Waals surface area contributed by atoms with Crippen LogP contribution in [0.5, 0.6) is 0 Å². The standard InChI is InChI=1S/C6HBr5.C4H6O2/c7-2-1-3(8)5(10)6(11)4(2)9;1-3-4(5)6-2/h1H;3H,1H2,2H3. The van der Waals surface area contributed by atoms with Crippen molar-refractivity contribution in [3.8, 4) is 0 Å². The molecule has 0 aliphatic heterocycles. The maximum absolute atomic E-state index is 9.84. The second-order valence-electron chi connectivity index (χ2n) is 2.51. The van der Waals surface area contributed by atoms with Gasteiger partial charge in [0.05, 0.1) is 7.11 Å². The summed E-state index contributed by atoms with van der Waals surface area (Å²) in [6.07, 6.45) is 1.11. The van der Waals surface area contributed by atoms with E-state index < -0.39 is 5.97 Å². The minimum absolute atomic E-state index is 0.394. The quantitative estimate of drug-likeness (QED) is 0.187. The largest absolute Gasteiger partial charge is 0.466 e. The number of hydrogen-bond acceptors (Lipinski definition) is 2. The number of carbonyl (C=O) groups excluding carboxylic acids is 1. The minimum Gasteiger partial charge on any atom is -0.466 e. The van der Waals surface area contributed by atoms with Gasteiger partial charge in [0, 0.05) is 28.4 Å². The summed E-state index contributed by atoms with van der Waals surface area (Å²) < 4.78 is 9.18. The fourth-order valence-electron chi connectivity index (χ4n) is 0.627. The molecule has 1 aromatic rings. The summed E-state index contributed by atoms with van der Waals surface area (Å²) >= 11 is 17.1. The molecule has 17 heavy (non-hydrogen) atoms. The van der Waals surface area contributed by atoms with E-state index >= 15 is 0 Å². The zero-order valence-corrected chi connectivity index (χ0v) is 16.5. The van der Waals surface area contributed by atoms with E-state index in [9.17, 15) is 4.79 Å². The Morgan fingerprint density at radius 1 is 1.12 bits per heavy atom. The van der Waals surface area contributed by atoms with Crippen LogP contribution in [0.4, 0.5) is 0 Å². The summed E-state index contributed by atoms with van der Waals surface area (Å²) in [6, 6.07) is 1.97. The van der Waals surface area contributed by atoms with Gasteiger partial charge in [0.1, 0.15) is 0 Å². The number of benzene rings is 1. The van der Waals surface area contributed by atoms with E-state index in [4.69, 9.17) is 0 Å². The van der Waals surface area contributed by atoms with Gasteiger partial charge in [-0.25, -0.2) is 4.79 Å². The molecular formula is C10H7Br5O2. The maximum atomic E-state index is 9.84. The van der Waals surface area contributed by atoms with Crippen molar-refractivity contribution in [2.75, 3.05) is 7.11 Å². The summed E-state index contributed by atoms with van der Waals surface area (Å²) in [5.74, 6) is -0.394. The molecule has 0 heterocycles. The van der Waals surface area contributed by atoms with Gasteiger partial charge in [-0.2, -0.15) is 0 Å². The molecule has 7 heteroatoms. The minimum atomic E-state index is -0.394. The van der Waals surface area contributed by atoms with Crippen molar-refractivity contribution in [1.29, 1.82) is 0 Å². The summed E-state index contributed by atoms with van der Waals surface area (Å²) in [4.78, 5) is 9.84. The lowest BCUT2D eigenvalue weighted by Gasteiger charge is -2.04. The van der Waals surface area contributed by atoms with Crippen molar-refractivity contribution in [2.24, 2.45) is 0 Å². The second-order valence-corrected chi connectivity index (χ2v) is 6.60. The number of halogens is 5. The smallest absolute Gasteiger partial charge is 0.329 e. The second kappa shape index (κ2) is 8.85. The highest BCUT2D eigenvalue weighted by atomic mass is 79.9. The molecular weight excluding hydrogens is 552 g/mol. The molecule has 0 fully saturated rings. The molecule has 0 amide bonds. The van der Waals surface area contributed by atoms with Gasteiger partial charge in [0.15, 0.2) is 0 Å². The van der Waals surface area contributed by atoms with Crippen molar-refractivity contribution in [2.45, 2.75) is 0 Å². The van der Waals surface area contributed by atoms with Crippen molar-refractivity contribution in [3.05, 3.63) is 41.1 Å². The third kappa shape index (κ3) is 6.00. The van der Waals surface area contributed by atoms with Gasteiger partial charge in [0.25, 0.3) is 0 Å². The SMILES string of the molecule is Brc1cc(Br)c(Br)c(Br)c1Br.C=CC(=O)OC. The fourth-order valence-corrected chi connectivity index (χ4v) is 3.64. The molecule has 0 aromatic heterocycles. The van der Waals surface area contributed by atoms with Gasteiger partial charge < -0.3 is 4.74 Å². The molecule has 0 radical (unpaired) electrons. The van der Waals surface area contributed by atoms with Crippen LogP contribution in [0.2, 0.25) is 0 Å². The van der Waals surface area contributed by atoms with Crippen LogP contribution in [0, 0.1) is 0 Å². The highest BCUT2D eigenvalue weighted by Crippen LogP contribution is 2.40. The van der Waals surface area contributed by atoms with Crippen LogP contribution in [0.1, 0.15) is 0 Å². The molecule has 0 saturated heterocycles. The molecule has 0 aliphatic carbocycles. The number of rotatable bonds is 1. The van der Waals surface area contributed by atoms with Crippen LogP contribution in [0.25, 0.3) is 0 Å². The van der Waals surface area contributed by atoms with E-state index in [0.29, 0.717) is 0 Å². The van der Waals surface area contributed by atoms with Crippen LogP contribution < -0.4 is 0 Å². The van der Waals surface area contributed by atoms with Gasteiger partial charge in [-0.05, 0) is 85.7 Å². The van der Waals surface area contributed by atoms with Gasteiger partial charge in [-0.1, -0.05) is 6.58 Å². The topological polar surface area (TPSA) is 26.3 Å². The van der Waals surface area contributed by atoms with Gasteiger partial charge in [-0.15, -0.1) is 0 Å². The van der Waals surface area contributed by atoms with E-state index in [-0.39, 0.29) is 0 Å². The lowest BCUT2D eigenvalue weighted by Crippen LogP contribution is -1.91. The van der Waals surface area contributed by atoms with Crippen molar-refractivity contribution in [3.63, 3.8) is 0 Å². The number of methoxy groups -OCH3 is 1. The van der Waals surface area contributed by atoms with Crippen molar-refractivity contribution < 1.29 is 9.53 Å². The Kier molecular flexibility index (Phi) is 9.28. The lowest BCUT2D eigenvalue weighted by molar-refractivity contribution is -0.134. The Labute approximate surface area is 142 Å². The Hall–Kier alpha value is 0.830. The van der Waals surface area contributed by atoms with E-state index in [1.165, 1.54) is 7.11 Å². The molecule has 0 N–H and O–H groups in total. The van der Waals surface area contributed by atoms with Gasteiger partial charge in [0.2, 0.25) is 0 Å². The predicted molar refractivity (Wildman–Crippen MR) is 87.2 cm³/mol. The average Bonchev–Trinajstić information content (AvgIpc) is 2.33. The van der Waals surface area contributed by atoms with Crippen LogP contribution in [0.15, 0.2) is 41.1 Å². The number of hydrogen-bond donors (Lipinski definition) is 0. The molecule has 1 aromatic carbocycles. The normalized spacial score (nSPS) is 9.06. The lowest BCUT2D eigenvalue weighted by atomic mass is 10.4. The van der Waals surface area contributed by atoms with E-state index in [0.717, 1.165) is 28.4 Å². The van der Waals surface area contributed by atoms with Crippen molar-refractivity contribution in [1.82, 2.24) is 0 Å². The highest BCUT2D eigenvalue weighted by molar-refractivity contribution is 9.15. The van der Waals surface area contributed by atoms with Crippen molar-refractivity contribution >= 4 is 85.6 Å². The van der Waals surface area contributed by atoms with Crippen LogP contribution >= 0.6 is 79.6 Å². The molecule has 0 unspecified atom stereocenters. The maximum Gasteiger partial charge on any atom is 0.329 e. The average molecular weight is 559 g/mol. The predicted octanol–water partition coefficient (Wildman–Crippen LogP) is 5.84. The Morgan fingerprint density at radius 3 is 1.76 bits per heavy atom. The first-order valence-electron chi connectivity index (χ1n) is 4.04. The third-order valence-corrected chi connectivity index (χ3v) is 7.25. The molecule has 0 aliphatic rings. The summed E-state index contributed by atoms with van der Waals surface area (Å²) in [7, 11) is 1.31. The van der Waals surface area contributed by atoms with E-state index in [1.54, 1.807) is 0 Å². The fraction of sp³-hybridized carbons (Fsp3) is 0.100. The zero-order valence-electron chi connectivity index (χ0n) is 8.57. The molecule has 0 atom stereocenters. The first-order valence-corrected chi connectivity index (χ1v) is 8.00. The Bertz CT molecular complexity index is 405. The zero-order chi connectivity index (χ0) is 13.6. The Morgan fingerprint density at radius 2 is 1.53 bits per heavy atom. The first kappa shape index (κ1) is 17.8. The number of carbonyl (C=O) groups is 1. The molecule has 1 rings (SSSR count). The molecule has 0 spiro atoms. The van der Waals surface area contributed by atoms with Crippen LogP contribution in [-0.2, 0) is 9.53 Å².